The molecule has 0 aliphatic heterocycles. The van der Waals surface area contributed by atoms with E-state index in [2.05, 4.69) is 24.5 Å². The van der Waals surface area contributed by atoms with Gasteiger partial charge in [-0.05, 0) is 36.1 Å². The predicted molar refractivity (Wildman–Crippen MR) is 99.5 cm³/mol. The van der Waals surface area contributed by atoms with Crippen LogP contribution in [-0.4, -0.2) is 13.1 Å². The number of para-hydroxylation sites is 2. The Morgan fingerprint density at radius 1 is 1.12 bits per heavy atom. The first-order valence-electron chi connectivity index (χ1n) is 7.99. The van der Waals surface area contributed by atoms with Crippen LogP contribution in [0, 0.1) is 6.92 Å². The van der Waals surface area contributed by atoms with Crippen molar-refractivity contribution < 1.29 is 9.53 Å². The quantitative estimate of drug-likeness (QED) is 0.820. The molecule has 24 heavy (non-hydrogen) atoms. The minimum atomic E-state index is -0.266. The Kier molecular flexibility index (Phi) is 6.01. The first-order valence-corrected chi connectivity index (χ1v) is 7.99. The van der Waals surface area contributed by atoms with Gasteiger partial charge in [0.05, 0.1) is 7.11 Å². The molecule has 2 aromatic rings. The average molecular weight is 324 g/mol. The van der Waals surface area contributed by atoms with Crippen LogP contribution in [0.15, 0.2) is 48.7 Å². The number of aryl methyl sites for hydroxylation is 1. The van der Waals surface area contributed by atoms with Crippen molar-refractivity contribution in [3.8, 4) is 5.75 Å². The number of amides is 2. The fourth-order valence-electron chi connectivity index (χ4n) is 2.50. The second-order valence-corrected chi connectivity index (χ2v) is 5.87. The van der Waals surface area contributed by atoms with Gasteiger partial charge in [-0.3, -0.25) is 0 Å². The Morgan fingerprint density at radius 3 is 2.58 bits per heavy atom. The van der Waals surface area contributed by atoms with Gasteiger partial charge in [-0.1, -0.05) is 50.2 Å². The number of benzene rings is 2. The maximum atomic E-state index is 12.2. The summed E-state index contributed by atoms with van der Waals surface area (Å²) >= 11 is 0. The molecular weight excluding hydrogens is 300 g/mol. The van der Waals surface area contributed by atoms with Crippen LogP contribution >= 0.6 is 0 Å². The number of methoxy groups -OCH3 is 1. The molecular formula is C20H24N2O2. The number of carbonyl (C=O) groups excluding carboxylic acids is 1. The number of carbonyl (C=O) groups is 1. The summed E-state index contributed by atoms with van der Waals surface area (Å²) in [4.78, 5) is 12.2. The van der Waals surface area contributed by atoms with Crippen molar-refractivity contribution in [1.29, 1.82) is 0 Å². The van der Waals surface area contributed by atoms with Gasteiger partial charge in [-0.15, -0.1) is 0 Å². The van der Waals surface area contributed by atoms with Gasteiger partial charge >= 0.3 is 6.03 Å². The Morgan fingerprint density at radius 2 is 1.88 bits per heavy atom. The smallest absolute Gasteiger partial charge is 0.323 e. The topological polar surface area (TPSA) is 50.4 Å². The van der Waals surface area contributed by atoms with Crippen LogP contribution in [0.3, 0.4) is 0 Å². The first-order chi connectivity index (χ1) is 11.5. The molecule has 2 aromatic carbocycles. The summed E-state index contributed by atoms with van der Waals surface area (Å²) in [6.45, 7) is 6.21. The molecule has 0 unspecified atom stereocenters. The molecule has 0 aliphatic rings. The third-order valence-corrected chi connectivity index (χ3v) is 3.78. The Bertz CT molecular complexity index is 736. The van der Waals surface area contributed by atoms with Crippen LogP contribution in [0.2, 0.25) is 0 Å². The van der Waals surface area contributed by atoms with Gasteiger partial charge in [0, 0.05) is 17.5 Å². The molecule has 2 amide bonds. The van der Waals surface area contributed by atoms with Crippen LogP contribution in [0.1, 0.15) is 36.5 Å². The fourth-order valence-corrected chi connectivity index (χ4v) is 2.50. The highest BCUT2D eigenvalue weighted by Crippen LogP contribution is 2.27. The van der Waals surface area contributed by atoms with Gasteiger partial charge < -0.3 is 15.4 Å². The van der Waals surface area contributed by atoms with E-state index in [1.54, 1.807) is 19.4 Å². The minimum absolute atomic E-state index is 0.266. The molecule has 0 heterocycles. The molecule has 2 N–H and O–H groups in total. The maximum Gasteiger partial charge on any atom is 0.323 e. The standard InChI is InChI=1S/C20H24N2O2/c1-14(2)17-10-7-8-15(3)19(17)22-20(23)21-13-12-16-9-5-6-11-18(16)24-4/h5-14H,1-4H3,(H2,21,22,23)/b13-12+. The van der Waals surface area contributed by atoms with E-state index in [4.69, 9.17) is 4.74 Å². The normalized spacial score (nSPS) is 10.9. The zero-order valence-electron chi connectivity index (χ0n) is 14.6. The Hall–Kier alpha value is -2.75. The molecule has 0 aliphatic carbocycles. The minimum Gasteiger partial charge on any atom is -0.496 e. The molecule has 4 nitrogen and oxygen atoms in total. The van der Waals surface area contributed by atoms with Crippen LogP contribution in [0.4, 0.5) is 10.5 Å². The number of nitrogens with one attached hydrogen (secondary N) is 2. The summed E-state index contributed by atoms with van der Waals surface area (Å²) in [5.74, 6) is 1.10. The highest BCUT2D eigenvalue weighted by atomic mass is 16.5. The predicted octanol–water partition coefficient (Wildman–Crippen LogP) is 4.92. The molecule has 0 saturated carbocycles. The highest BCUT2D eigenvalue weighted by molar-refractivity contribution is 5.92. The lowest BCUT2D eigenvalue weighted by Gasteiger charge is -2.16. The van der Waals surface area contributed by atoms with Gasteiger partial charge in [-0.25, -0.2) is 4.79 Å². The van der Waals surface area contributed by atoms with E-state index in [-0.39, 0.29) is 6.03 Å². The van der Waals surface area contributed by atoms with Gasteiger partial charge in [-0.2, -0.15) is 0 Å². The first kappa shape index (κ1) is 17.6. The lowest BCUT2D eigenvalue weighted by atomic mass is 9.98. The molecule has 0 fully saturated rings. The summed E-state index contributed by atoms with van der Waals surface area (Å²) in [5.41, 5.74) is 3.94. The van der Waals surface area contributed by atoms with Gasteiger partial charge in [0.15, 0.2) is 0 Å². The van der Waals surface area contributed by atoms with E-state index in [0.29, 0.717) is 5.92 Å². The SMILES string of the molecule is COc1ccccc1/C=C/NC(=O)Nc1c(C)cccc1C(C)C. The second-order valence-electron chi connectivity index (χ2n) is 5.87. The van der Waals surface area contributed by atoms with Gasteiger partial charge in [0.2, 0.25) is 0 Å². The number of rotatable bonds is 5. The van der Waals surface area contributed by atoms with Crippen molar-refractivity contribution in [2.75, 3.05) is 12.4 Å². The van der Waals surface area contributed by atoms with Crippen molar-refractivity contribution in [2.24, 2.45) is 0 Å². The number of anilines is 1. The van der Waals surface area contributed by atoms with Crippen LogP contribution < -0.4 is 15.4 Å². The van der Waals surface area contributed by atoms with E-state index in [0.717, 1.165) is 28.1 Å². The monoisotopic (exact) mass is 324 g/mol. The van der Waals surface area contributed by atoms with Crippen molar-refractivity contribution in [3.05, 3.63) is 65.4 Å². The number of hydrogen-bond acceptors (Lipinski definition) is 2. The number of urea groups is 1. The Balaban J connectivity index is 2.06. The molecule has 4 heteroatoms. The molecule has 0 atom stereocenters. The summed E-state index contributed by atoms with van der Waals surface area (Å²) in [7, 11) is 1.62. The molecule has 0 radical (unpaired) electrons. The van der Waals surface area contributed by atoms with Crippen molar-refractivity contribution in [1.82, 2.24) is 5.32 Å². The van der Waals surface area contributed by atoms with E-state index >= 15 is 0 Å². The summed E-state index contributed by atoms with van der Waals surface area (Å²) in [6.07, 6.45) is 3.42. The number of hydrogen-bond donors (Lipinski definition) is 2. The van der Waals surface area contributed by atoms with E-state index < -0.39 is 0 Å². The number of ether oxygens (including phenoxy) is 1. The second kappa shape index (κ2) is 8.20. The van der Waals surface area contributed by atoms with E-state index in [9.17, 15) is 4.79 Å². The lowest BCUT2D eigenvalue weighted by molar-refractivity contribution is 0.255. The average Bonchev–Trinajstić information content (AvgIpc) is 2.57. The van der Waals surface area contributed by atoms with Crippen LogP contribution in [0.25, 0.3) is 6.08 Å². The highest BCUT2D eigenvalue weighted by Gasteiger charge is 2.11. The molecule has 2 rings (SSSR count). The van der Waals surface area contributed by atoms with Crippen molar-refractivity contribution >= 4 is 17.8 Å². The van der Waals surface area contributed by atoms with E-state index in [1.165, 1.54) is 0 Å². The zero-order valence-corrected chi connectivity index (χ0v) is 14.6. The van der Waals surface area contributed by atoms with Gasteiger partial charge in [0.1, 0.15) is 5.75 Å². The van der Waals surface area contributed by atoms with Crippen LogP contribution in [-0.2, 0) is 0 Å². The Labute approximate surface area is 143 Å². The molecule has 126 valence electrons. The third-order valence-electron chi connectivity index (χ3n) is 3.78. The van der Waals surface area contributed by atoms with Gasteiger partial charge in [0.25, 0.3) is 0 Å². The fraction of sp³-hybridized carbons (Fsp3) is 0.250. The molecule has 0 spiro atoms. The summed E-state index contributed by atoms with van der Waals surface area (Å²) in [5, 5.41) is 5.68. The third kappa shape index (κ3) is 4.38. The molecule has 0 aromatic heterocycles. The van der Waals surface area contributed by atoms with E-state index in [1.807, 2.05) is 49.4 Å². The lowest BCUT2D eigenvalue weighted by Crippen LogP contribution is -2.25. The molecule has 0 saturated heterocycles. The maximum absolute atomic E-state index is 12.2. The van der Waals surface area contributed by atoms with Crippen molar-refractivity contribution in [3.63, 3.8) is 0 Å². The largest absolute Gasteiger partial charge is 0.496 e. The van der Waals surface area contributed by atoms with Crippen LogP contribution in [0.5, 0.6) is 5.75 Å². The summed E-state index contributed by atoms with van der Waals surface area (Å²) < 4.78 is 5.28. The molecule has 0 bridgehead atoms. The van der Waals surface area contributed by atoms with Crippen molar-refractivity contribution in [2.45, 2.75) is 26.7 Å². The summed E-state index contributed by atoms with van der Waals surface area (Å²) in [6, 6.07) is 13.4. The zero-order chi connectivity index (χ0) is 17.5.